The van der Waals surface area contributed by atoms with Crippen LogP contribution in [0.25, 0.3) is 0 Å². The van der Waals surface area contributed by atoms with Crippen LogP contribution in [0.2, 0.25) is 0 Å². The molecule has 1 N–H and O–H groups in total. The summed E-state index contributed by atoms with van der Waals surface area (Å²) in [7, 11) is 0. The summed E-state index contributed by atoms with van der Waals surface area (Å²) in [5.41, 5.74) is 1.56. The van der Waals surface area contributed by atoms with E-state index in [1.165, 1.54) is 0 Å². The zero-order chi connectivity index (χ0) is 17.8. The molecule has 1 atom stereocenters. The Kier molecular flexibility index (Phi) is 5.46. The van der Waals surface area contributed by atoms with Gasteiger partial charge in [0.05, 0.1) is 12.6 Å². The molecule has 0 bridgehead atoms. The van der Waals surface area contributed by atoms with E-state index in [-0.39, 0.29) is 18.0 Å². The molecule has 0 spiro atoms. The highest BCUT2D eigenvalue weighted by atomic mass is 16.5. The third-order valence-corrected chi connectivity index (χ3v) is 4.84. The Balaban J connectivity index is 1.80. The molecule has 0 aliphatic carbocycles. The predicted octanol–water partition coefficient (Wildman–Crippen LogP) is 2.63. The molecule has 6 heteroatoms. The molecule has 0 aromatic heterocycles. The van der Waals surface area contributed by atoms with Gasteiger partial charge in [-0.15, -0.1) is 0 Å². The molecule has 0 unspecified atom stereocenters. The lowest BCUT2D eigenvalue weighted by atomic mass is 10.1. The first-order valence-electron chi connectivity index (χ1n) is 9.19. The molecular formula is C19H27N3O3. The van der Waals surface area contributed by atoms with E-state index in [9.17, 15) is 9.59 Å². The summed E-state index contributed by atoms with van der Waals surface area (Å²) in [5, 5.41) is 2.93. The van der Waals surface area contributed by atoms with Gasteiger partial charge in [-0.2, -0.15) is 0 Å². The molecule has 2 heterocycles. The summed E-state index contributed by atoms with van der Waals surface area (Å²) in [6, 6.07) is 5.47. The van der Waals surface area contributed by atoms with E-state index in [1.807, 2.05) is 36.9 Å². The lowest BCUT2D eigenvalue weighted by Crippen LogP contribution is -2.45. The van der Waals surface area contributed by atoms with E-state index in [0.29, 0.717) is 25.3 Å². The topological polar surface area (TPSA) is 61.9 Å². The van der Waals surface area contributed by atoms with Crippen molar-refractivity contribution >= 4 is 11.9 Å². The number of ether oxygens (including phenoxy) is 1. The van der Waals surface area contributed by atoms with Crippen LogP contribution >= 0.6 is 0 Å². The van der Waals surface area contributed by atoms with Crippen LogP contribution < -0.4 is 10.1 Å². The van der Waals surface area contributed by atoms with Gasteiger partial charge in [-0.1, -0.05) is 6.92 Å². The smallest absolute Gasteiger partial charge is 0.318 e. The third-order valence-electron chi connectivity index (χ3n) is 4.84. The van der Waals surface area contributed by atoms with Crippen molar-refractivity contribution in [3.63, 3.8) is 0 Å². The maximum absolute atomic E-state index is 12.6. The molecule has 2 aliphatic rings. The molecule has 0 saturated carbocycles. The number of rotatable bonds is 3. The summed E-state index contributed by atoms with van der Waals surface area (Å²) >= 11 is 0. The number of benzene rings is 1. The second-order valence-electron chi connectivity index (χ2n) is 6.84. The minimum absolute atomic E-state index is 0.0259. The molecule has 0 radical (unpaired) electrons. The van der Waals surface area contributed by atoms with Gasteiger partial charge in [-0.05, 0) is 44.4 Å². The first kappa shape index (κ1) is 17.6. The zero-order valence-corrected chi connectivity index (χ0v) is 15.1. The van der Waals surface area contributed by atoms with Crippen molar-refractivity contribution in [2.24, 2.45) is 0 Å². The van der Waals surface area contributed by atoms with E-state index in [0.717, 1.165) is 43.7 Å². The Labute approximate surface area is 149 Å². The number of carbonyl (C=O) groups excluding carboxylic acids is 2. The molecule has 3 rings (SSSR count). The number of urea groups is 1. The highest BCUT2D eigenvalue weighted by molar-refractivity contribution is 5.94. The van der Waals surface area contributed by atoms with E-state index in [1.54, 1.807) is 4.90 Å². The van der Waals surface area contributed by atoms with Crippen molar-refractivity contribution < 1.29 is 14.3 Å². The van der Waals surface area contributed by atoms with Crippen LogP contribution in [0.1, 0.15) is 49.0 Å². The Morgan fingerprint density at radius 3 is 2.76 bits per heavy atom. The van der Waals surface area contributed by atoms with Crippen LogP contribution in [0.3, 0.4) is 0 Å². The van der Waals surface area contributed by atoms with Crippen LogP contribution in [0, 0.1) is 0 Å². The van der Waals surface area contributed by atoms with Crippen LogP contribution in [-0.2, 0) is 6.54 Å². The fourth-order valence-electron chi connectivity index (χ4n) is 3.32. The van der Waals surface area contributed by atoms with Crippen molar-refractivity contribution in [2.45, 2.75) is 45.7 Å². The second-order valence-corrected chi connectivity index (χ2v) is 6.84. The number of amides is 3. The normalized spacial score (nSPS) is 19.8. The molecule has 1 aromatic carbocycles. The highest BCUT2D eigenvalue weighted by Gasteiger charge is 2.27. The molecule has 6 nitrogen and oxygen atoms in total. The molecular weight excluding hydrogens is 318 g/mol. The van der Waals surface area contributed by atoms with Gasteiger partial charge in [-0.3, -0.25) is 4.79 Å². The lowest BCUT2D eigenvalue weighted by Gasteiger charge is -2.26. The number of fused-ring (bicyclic) bond motifs is 1. The quantitative estimate of drug-likeness (QED) is 0.916. The van der Waals surface area contributed by atoms with E-state index in [4.69, 9.17) is 4.74 Å². The molecule has 3 amide bonds. The van der Waals surface area contributed by atoms with Crippen LogP contribution in [0.15, 0.2) is 18.2 Å². The second kappa shape index (κ2) is 7.76. The summed E-state index contributed by atoms with van der Waals surface area (Å²) in [4.78, 5) is 28.8. The van der Waals surface area contributed by atoms with E-state index >= 15 is 0 Å². The largest absolute Gasteiger partial charge is 0.491 e. The molecule has 136 valence electrons. The third kappa shape index (κ3) is 3.89. The first-order chi connectivity index (χ1) is 12.1. The van der Waals surface area contributed by atoms with Crippen molar-refractivity contribution in [1.29, 1.82) is 0 Å². The van der Waals surface area contributed by atoms with Gasteiger partial charge in [0.25, 0.3) is 5.91 Å². The van der Waals surface area contributed by atoms with Crippen molar-refractivity contribution in [3.8, 4) is 5.75 Å². The van der Waals surface area contributed by atoms with Crippen molar-refractivity contribution in [2.75, 3.05) is 26.2 Å². The summed E-state index contributed by atoms with van der Waals surface area (Å²) in [6.45, 7) is 7.22. The van der Waals surface area contributed by atoms with Crippen molar-refractivity contribution in [1.82, 2.24) is 15.1 Å². The minimum atomic E-state index is -0.0814. The Bertz CT molecular complexity index is 641. The summed E-state index contributed by atoms with van der Waals surface area (Å²) in [6.07, 6.45) is 3.04. The fourth-order valence-corrected chi connectivity index (χ4v) is 3.32. The fraction of sp³-hybridized carbons (Fsp3) is 0.579. The number of carbonyl (C=O) groups is 2. The maximum atomic E-state index is 12.6. The Morgan fingerprint density at radius 1 is 1.28 bits per heavy atom. The number of nitrogens with zero attached hydrogens (tertiary/aromatic N) is 2. The molecule has 25 heavy (non-hydrogen) atoms. The van der Waals surface area contributed by atoms with Crippen molar-refractivity contribution in [3.05, 3.63) is 29.3 Å². The maximum Gasteiger partial charge on any atom is 0.318 e. The number of hydrogen-bond acceptors (Lipinski definition) is 3. The van der Waals surface area contributed by atoms with Crippen LogP contribution in [0.4, 0.5) is 4.79 Å². The van der Waals surface area contributed by atoms with Gasteiger partial charge in [-0.25, -0.2) is 4.79 Å². The molecule has 2 aliphatic heterocycles. The number of likely N-dealkylation sites (tertiary alicyclic amines) is 1. The molecule has 1 saturated heterocycles. The average Bonchev–Trinajstić information content (AvgIpc) is 3.11. The zero-order valence-electron chi connectivity index (χ0n) is 15.1. The minimum Gasteiger partial charge on any atom is -0.491 e. The Hall–Kier alpha value is -2.24. The molecule has 1 aromatic rings. The van der Waals surface area contributed by atoms with Gasteiger partial charge in [0, 0.05) is 30.8 Å². The van der Waals surface area contributed by atoms with Crippen LogP contribution in [0.5, 0.6) is 5.75 Å². The monoisotopic (exact) mass is 345 g/mol. The van der Waals surface area contributed by atoms with Gasteiger partial charge in [0.2, 0.25) is 0 Å². The SMILES string of the molecule is CCCNC(=O)N1Cc2cc(C(=O)N3CCCC3)ccc2OC[C@@H]1C. The summed E-state index contributed by atoms with van der Waals surface area (Å²) in [5.74, 6) is 0.829. The van der Waals surface area contributed by atoms with E-state index < -0.39 is 0 Å². The number of hydrogen-bond donors (Lipinski definition) is 1. The average molecular weight is 345 g/mol. The Morgan fingerprint density at radius 2 is 2.04 bits per heavy atom. The predicted molar refractivity (Wildman–Crippen MR) is 95.8 cm³/mol. The standard InChI is InChI=1S/C19H27N3O3/c1-3-8-20-19(24)22-12-16-11-15(18(23)21-9-4-5-10-21)6-7-17(16)25-13-14(22)2/h6-7,11,14H,3-5,8-10,12-13H2,1-2H3,(H,20,24)/t14-/m0/s1. The number of nitrogens with one attached hydrogen (secondary N) is 1. The summed E-state index contributed by atoms with van der Waals surface area (Å²) < 4.78 is 5.86. The van der Waals surface area contributed by atoms with Gasteiger partial charge in [0.15, 0.2) is 0 Å². The lowest BCUT2D eigenvalue weighted by molar-refractivity contribution is 0.0792. The van der Waals surface area contributed by atoms with Gasteiger partial charge in [0.1, 0.15) is 12.4 Å². The van der Waals surface area contributed by atoms with Gasteiger partial charge >= 0.3 is 6.03 Å². The highest BCUT2D eigenvalue weighted by Crippen LogP contribution is 2.27. The first-order valence-corrected chi connectivity index (χ1v) is 9.19. The van der Waals surface area contributed by atoms with Crippen LogP contribution in [-0.4, -0.2) is 54.0 Å². The van der Waals surface area contributed by atoms with E-state index in [2.05, 4.69) is 5.32 Å². The molecule has 1 fully saturated rings. The van der Waals surface area contributed by atoms with Gasteiger partial charge < -0.3 is 19.9 Å².